The molecule has 0 aliphatic carbocycles. The van der Waals surface area contributed by atoms with Gasteiger partial charge in [-0.25, -0.2) is 0 Å². The molecule has 1 aromatic rings. The van der Waals surface area contributed by atoms with Gasteiger partial charge in [-0.15, -0.1) is 0 Å². The van der Waals surface area contributed by atoms with E-state index in [1.165, 1.54) is 0 Å². The molecule has 1 aromatic carbocycles. The van der Waals surface area contributed by atoms with E-state index in [2.05, 4.69) is 17.6 Å². The van der Waals surface area contributed by atoms with Crippen molar-refractivity contribution < 1.29 is 9.53 Å². The van der Waals surface area contributed by atoms with Crippen LogP contribution in [0.2, 0.25) is 0 Å². The molecule has 110 valence electrons. The molecule has 1 heterocycles. The first-order valence-corrected chi connectivity index (χ1v) is 7.35. The van der Waals surface area contributed by atoms with Crippen LogP contribution in [0.15, 0.2) is 24.3 Å². The summed E-state index contributed by atoms with van der Waals surface area (Å²) in [4.78, 5) is 12.6. The Morgan fingerprint density at radius 3 is 2.80 bits per heavy atom. The fraction of sp³-hybridized carbons (Fsp3) is 0.562. The summed E-state index contributed by atoms with van der Waals surface area (Å²) in [6.45, 7) is 7.69. The number of hydrogen-bond acceptors (Lipinski definition) is 3. The number of rotatable bonds is 5. The molecule has 1 unspecified atom stereocenters. The summed E-state index contributed by atoms with van der Waals surface area (Å²) in [5.74, 6) is 0.817. The first kappa shape index (κ1) is 14.9. The van der Waals surface area contributed by atoms with Gasteiger partial charge < -0.3 is 15.4 Å². The molecule has 4 heteroatoms. The Balaban J connectivity index is 2.15. The molecule has 0 radical (unpaired) electrons. The van der Waals surface area contributed by atoms with Gasteiger partial charge in [0.2, 0.25) is 5.91 Å². The van der Waals surface area contributed by atoms with Gasteiger partial charge in [-0.1, -0.05) is 19.1 Å². The summed E-state index contributed by atoms with van der Waals surface area (Å²) < 4.78 is 5.75. The highest BCUT2D eigenvalue weighted by atomic mass is 16.5. The number of carbonyl (C=O) groups is 1. The van der Waals surface area contributed by atoms with Crippen molar-refractivity contribution in [1.29, 1.82) is 0 Å². The third-order valence-electron chi connectivity index (χ3n) is 3.90. The Kier molecular flexibility index (Phi) is 4.65. The van der Waals surface area contributed by atoms with Crippen LogP contribution in [0.3, 0.4) is 0 Å². The predicted octanol–water partition coefficient (Wildman–Crippen LogP) is 2.80. The zero-order valence-corrected chi connectivity index (χ0v) is 12.5. The van der Waals surface area contributed by atoms with Crippen molar-refractivity contribution in [2.75, 3.05) is 18.4 Å². The lowest BCUT2D eigenvalue weighted by atomic mass is 9.83. The molecule has 4 nitrogen and oxygen atoms in total. The van der Waals surface area contributed by atoms with E-state index in [4.69, 9.17) is 4.74 Å². The second-order valence-corrected chi connectivity index (χ2v) is 5.68. The van der Waals surface area contributed by atoms with Gasteiger partial charge in [0.1, 0.15) is 5.75 Å². The molecule has 2 N–H and O–H groups in total. The highest BCUT2D eigenvalue weighted by Crippen LogP contribution is 2.33. The van der Waals surface area contributed by atoms with Crippen molar-refractivity contribution in [2.24, 2.45) is 5.41 Å². The zero-order valence-electron chi connectivity index (χ0n) is 12.5. The van der Waals surface area contributed by atoms with Crippen LogP contribution in [0, 0.1) is 5.41 Å². The summed E-state index contributed by atoms with van der Waals surface area (Å²) in [6.07, 6.45) is 1.82. The molecule has 0 bridgehead atoms. The number of benzene rings is 1. The Labute approximate surface area is 120 Å². The molecule has 0 saturated carbocycles. The van der Waals surface area contributed by atoms with Crippen LogP contribution in [0.25, 0.3) is 0 Å². The fourth-order valence-electron chi connectivity index (χ4n) is 2.58. The van der Waals surface area contributed by atoms with Crippen molar-refractivity contribution >= 4 is 11.6 Å². The first-order valence-electron chi connectivity index (χ1n) is 7.35. The topological polar surface area (TPSA) is 50.4 Å². The standard InChI is InChI=1S/C16H24N2O2/c1-4-16(9-10-17-11-16)15(19)18-13-7-5-6-8-14(13)20-12(2)3/h5-8,12,17H,4,9-11H2,1-3H3,(H,18,19). The van der Waals surface area contributed by atoms with E-state index in [-0.39, 0.29) is 17.4 Å². The highest BCUT2D eigenvalue weighted by Gasteiger charge is 2.39. The lowest BCUT2D eigenvalue weighted by Crippen LogP contribution is -2.37. The molecule has 1 aliphatic rings. The van der Waals surface area contributed by atoms with Crippen molar-refractivity contribution in [2.45, 2.75) is 39.7 Å². The highest BCUT2D eigenvalue weighted by molar-refractivity contribution is 5.96. The average molecular weight is 276 g/mol. The van der Waals surface area contributed by atoms with Gasteiger partial charge in [0, 0.05) is 6.54 Å². The van der Waals surface area contributed by atoms with Crippen LogP contribution in [0.5, 0.6) is 5.75 Å². The molecular formula is C16H24N2O2. The Morgan fingerprint density at radius 1 is 1.45 bits per heavy atom. The lowest BCUT2D eigenvalue weighted by molar-refractivity contribution is -0.124. The van der Waals surface area contributed by atoms with E-state index in [0.29, 0.717) is 0 Å². The van der Waals surface area contributed by atoms with Gasteiger partial charge in [-0.3, -0.25) is 4.79 Å². The van der Waals surface area contributed by atoms with Crippen LogP contribution < -0.4 is 15.4 Å². The number of hydrogen-bond donors (Lipinski definition) is 2. The minimum Gasteiger partial charge on any atom is -0.489 e. The Hall–Kier alpha value is -1.55. The fourth-order valence-corrected chi connectivity index (χ4v) is 2.58. The van der Waals surface area contributed by atoms with Crippen LogP contribution in [0.4, 0.5) is 5.69 Å². The molecule has 1 fully saturated rings. The summed E-state index contributed by atoms with van der Waals surface area (Å²) >= 11 is 0. The molecular weight excluding hydrogens is 252 g/mol. The van der Waals surface area contributed by atoms with E-state index in [1.807, 2.05) is 38.1 Å². The molecule has 1 aliphatic heterocycles. The molecule has 20 heavy (non-hydrogen) atoms. The number of para-hydroxylation sites is 2. The maximum Gasteiger partial charge on any atom is 0.232 e. The number of ether oxygens (including phenoxy) is 1. The smallest absolute Gasteiger partial charge is 0.232 e. The number of amides is 1. The number of nitrogens with one attached hydrogen (secondary N) is 2. The lowest BCUT2D eigenvalue weighted by Gasteiger charge is -2.26. The third kappa shape index (κ3) is 3.12. The van der Waals surface area contributed by atoms with Gasteiger partial charge in [0.05, 0.1) is 17.2 Å². The van der Waals surface area contributed by atoms with E-state index in [0.717, 1.165) is 37.4 Å². The average Bonchev–Trinajstić information content (AvgIpc) is 2.90. The van der Waals surface area contributed by atoms with E-state index in [9.17, 15) is 4.79 Å². The number of carbonyl (C=O) groups excluding carboxylic acids is 1. The van der Waals surface area contributed by atoms with Crippen LogP contribution >= 0.6 is 0 Å². The zero-order chi connectivity index (χ0) is 14.6. The second kappa shape index (κ2) is 6.27. The third-order valence-corrected chi connectivity index (χ3v) is 3.90. The summed E-state index contributed by atoms with van der Waals surface area (Å²) in [5, 5.41) is 6.33. The Morgan fingerprint density at radius 2 is 2.20 bits per heavy atom. The maximum absolute atomic E-state index is 12.6. The first-order chi connectivity index (χ1) is 9.57. The molecule has 1 saturated heterocycles. The summed E-state index contributed by atoms with van der Waals surface area (Å²) in [7, 11) is 0. The van der Waals surface area contributed by atoms with Crippen LogP contribution in [-0.2, 0) is 4.79 Å². The summed E-state index contributed by atoms with van der Waals surface area (Å²) in [5.41, 5.74) is 0.469. The van der Waals surface area contributed by atoms with E-state index >= 15 is 0 Å². The largest absolute Gasteiger partial charge is 0.489 e. The van der Waals surface area contributed by atoms with Crippen molar-refractivity contribution in [3.05, 3.63) is 24.3 Å². The molecule has 0 spiro atoms. The van der Waals surface area contributed by atoms with Crippen molar-refractivity contribution in [3.63, 3.8) is 0 Å². The number of anilines is 1. The van der Waals surface area contributed by atoms with Gasteiger partial charge in [-0.2, -0.15) is 0 Å². The normalized spacial score (nSPS) is 22.0. The molecule has 0 aromatic heterocycles. The second-order valence-electron chi connectivity index (χ2n) is 5.68. The molecule has 1 atom stereocenters. The monoisotopic (exact) mass is 276 g/mol. The van der Waals surface area contributed by atoms with Gasteiger partial charge in [-0.05, 0) is 45.4 Å². The van der Waals surface area contributed by atoms with Crippen molar-refractivity contribution in [1.82, 2.24) is 5.32 Å². The van der Waals surface area contributed by atoms with Crippen molar-refractivity contribution in [3.8, 4) is 5.75 Å². The minimum atomic E-state index is -0.287. The SMILES string of the molecule is CCC1(C(=O)Nc2ccccc2OC(C)C)CCNC1. The quantitative estimate of drug-likeness (QED) is 0.869. The van der Waals surface area contributed by atoms with Crippen LogP contribution in [-0.4, -0.2) is 25.1 Å². The van der Waals surface area contributed by atoms with E-state index < -0.39 is 0 Å². The van der Waals surface area contributed by atoms with Gasteiger partial charge >= 0.3 is 0 Å². The Bertz CT molecular complexity index is 465. The van der Waals surface area contributed by atoms with E-state index in [1.54, 1.807) is 0 Å². The maximum atomic E-state index is 12.6. The molecule has 1 amide bonds. The molecule has 2 rings (SSSR count). The summed E-state index contributed by atoms with van der Waals surface area (Å²) in [6, 6.07) is 7.61. The predicted molar refractivity (Wildman–Crippen MR) is 81.0 cm³/mol. The van der Waals surface area contributed by atoms with Gasteiger partial charge in [0.15, 0.2) is 0 Å². The van der Waals surface area contributed by atoms with Gasteiger partial charge in [0.25, 0.3) is 0 Å². The van der Waals surface area contributed by atoms with Crippen LogP contribution in [0.1, 0.15) is 33.6 Å². The minimum absolute atomic E-state index is 0.0846.